The summed E-state index contributed by atoms with van der Waals surface area (Å²) < 4.78 is 23.2. The van der Waals surface area contributed by atoms with Crippen LogP contribution in [0.25, 0.3) is 0 Å². The van der Waals surface area contributed by atoms with Crippen molar-refractivity contribution in [1.29, 1.82) is 0 Å². The van der Waals surface area contributed by atoms with Gasteiger partial charge in [0.15, 0.2) is 0 Å². The molecule has 0 saturated heterocycles. The van der Waals surface area contributed by atoms with E-state index in [2.05, 4.69) is 58.2 Å². The van der Waals surface area contributed by atoms with Gasteiger partial charge in [0.05, 0.1) is 13.2 Å². The number of hydrogen-bond donors (Lipinski definition) is 1. The molecule has 1 amide bonds. The van der Waals surface area contributed by atoms with Gasteiger partial charge < -0.3 is 14.4 Å². The van der Waals surface area contributed by atoms with Gasteiger partial charge in [-0.25, -0.2) is 0 Å². The summed E-state index contributed by atoms with van der Waals surface area (Å²) in [6.07, 6.45) is 15.4. The highest BCUT2D eigenvalue weighted by molar-refractivity contribution is 7.55. The molecule has 190 valence electrons. The summed E-state index contributed by atoms with van der Waals surface area (Å²) in [5.41, 5.74) is 4.66. The summed E-state index contributed by atoms with van der Waals surface area (Å²) in [6, 6.07) is 0. The van der Waals surface area contributed by atoms with E-state index in [1.54, 1.807) is 20.8 Å². The highest BCUT2D eigenvalue weighted by Gasteiger charge is 2.37. The summed E-state index contributed by atoms with van der Waals surface area (Å²) in [4.78, 5) is 12.4. The number of rotatable bonds is 17. The second-order valence-corrected chi connectivity index (χ2v) is 11.2. The minimum atomic E-state index is -3.43. The van der Waals surface area contributed by atoms with Gasteiger partial charge in [0.1, 0.15) is 5.66 Å². The van der Waals surface area contributed by atoms with Crippen molar-refractivity contribution in [2.24, 2.45) is 0 Å². The van der Waals surface area contributed by atoms with Gasteiger partial charge >= 0.3 is 7.60 Å². The first kappa shape index (κ1) is 31.6. The maximum Gasteiger partial charge on any atom is 0.342 e. The van der Waals surface area contributed by atoms with E-state index in [4.69, 9.17) is 9.05 Å². The zero-order valence-corrected chi connectivity index (χ0v) is 23.2. The molecule has 0 radical (unpaired) electrons. The SMILES string of the molecule is CCOP(=O)(OCC)C(C)C(=O)NCC=C(C)CCC=C(C)CCC=C(C)CCC=C(C)C. The quantitative estimate of drug-likeness (QED) is 0.169. The molecular weight excluding hydrogens is 433 g/mol. The molecular formula is C27H48NO4P. The van der Waals surface area contributed by atoms with Gasteiger partial charge in [-0.2, -0.15) is 0 Å². The van der Waals surface area contributed by atoms with E-state index < -0.39 is 13.3 Å². The van der Waals surface area contributed by atoms with Gasteiger partial charge in [0, 0.05) is 6.54 Å². The average Bonchev–Trinajstić information content (AvgIpc) is 2.73. The number of allylic oxidation sites excluding steroid dienone is 7. The summed E-state index contributed by atoms with van der Waals surface area (Å²) >= 11 is 0. The Morgan fingerprint density at radius 1 is 0.788 bits per heavy atom. The van der Waals surface area contributed by atoms with Crippen molar-refractivity contribution >= 4 is 13.5 Å². The zero-order chi connectivity index (χ0) is 25.3. The van der Waals surface area contributed by atoms with Crippen molar-refractivity contribution in [2.75, 3.05) is 19.8 Å². The van der Waals surface area contributed by atoms with Crippen LogP contribution in [-0.4, -0.2) is 31.3 Å². The Bertz CT molecular complexity index is 735. The second-order valence-electron chi connectivity index (χ2n) is 8.85. The normalized spacial score (nSPS) is 14.2. The lowest BCUT2D eigenvalue weighted by molar-refractivity contribution is -0.120. The van der Waals surface area contributed by atoms with Gasteiger partial charge in [-0.1, -0.05) is 46.6 Å². The number of carbonyl (C=O) groups is 1. The molecule has 0 aromatic rings. The molecule has 0 aliphatic heterocycles. The van der Waals surface area contributed by atoms with E-state index in [0.717, 1.165) is 38.5 Å². The monoisotopic (exact) mass is 481 g/mol. The summed E-state index contributed by atoms with van der Waals surface area (Å²) in [5.74, 6) is -0.316. The van der Waals surface area contributed by atoms with Crippen molar-refractivity contribution in [3.8, 4) is 0 Å². The first-order chi connectivity index (χ1) is 15.6. The van der Waals surface area contributed by atoms with Gasteiger partial charge in [-0.15, -0.1) is 0 Å². The van der Waals surface area contributed by atoms with E-state index in [1.807, 2.05) is 6.08 Å². The summed E-state index contributed by atoms with van der Waals surface area (Å²) in [7, 11) is -3.43. The standard InChI is InChI=1S/C27H48NO4P/c1-9-31-33(30,32-10-2)26(8)27(29)28-21-20-25(7)19-13-18-24(6)17-12-16-23(5)15-11-14-22(3)4/h14,16,18,20,26H,9-13,15,17,19,21H2,1-8H3,(H,28,29). The lowest BCUT2D eigenvalue weighted by atomic mass is 10.0. The number of amides is 1. The van der Waals surface area contributed by atoms with Crippen LogP contribution in [0.15, 0.2) is 46.6 Å². The zero-order valence-electron chi connectivity index (χ0n) is 22.3. The molecule has 0 heterocycles. The topological polar surface area (TPSA) is 64.6 Å². The molecule has 0 aromatic carbocycles. The Morgan fingerprint density at radius 3 is 1.64 bits per heavy atom. The molecule has 33 heavy (non-hydrogen) atoms. The van der Waals surface area contributed by atoms with Crippen LogP contribution in [0.2, 0.25) is 0 Å². The molecule has 0 rings (SSSR count). The Kier molecular flexibility index (Phi) is 17.2. The van der Waals surface area contributed by atoms with Crippen molar-refractivity contribution in [3.63, 3.8) is 0 Å². The fraction of sp³-hybridized carbons (Fsp3) is 0.667. The third-order valence-electron chi connectivity index (χ3n) is 5.35. The van der Waals surface area contributed by atoms with Crippen LogP contribution in [-0.2, 0) is 18.4 Å². The Hall–Kier alpha value is -1.42. The van der Waals surface area contributed by atoms with Crippen LogP contribution in [0, 0.1) is 0 Å². The van der Waals surface area contributed by atoms with E-state index in [-0.39, 0.29) is 19.1 Å². The smallest absolute Gasteiger partial charge is 0.342 e. The van der Waals surface area contributed by atoms with E-state index in [1.165, 1.54) is 22.3 Å². The van der Waals surface area contributed by atoms with Crippen LogP contribution >= 0.6 is 7.60 Å². The van der Waals surface area contributed by atoms with Crippen LogP contribution in [0.5, 0.6) is 0 Å². The van der Waals surface area contributed by atoms with Gasteiger partial charge in [0.2, 0.25) is 5.91 Å². The van der Waals surface area contributed by atoms with Crippen molar-refractivity contribution in [1.82, 2.24) is 5.32 Å². The predicted molar refractivity (Wildman–Crippen MR) is 142 cm³/mol. The molecule has 0 bridgehead atoms. The lowest BCUT2D eigenvalue weighted by Gasteiger charge is -2.22. The van der Waals surface area contributed by atoms with E-state index in [9.17, 15) is 9.36 Å². The third-order valence-corrected chi connectivity index (χ3v) is 7.77. The fourth-order valence-electron chi connectivity index (χ4n) is 3.23. The molecule has 1 N–H and O–H groups in total. The maximum atomic E-state index is 12.7. The molecule has 5 nitrogen and oxygen atoms in total. The Morgan fingerprint density at radius 2 is 1.21 bits per heavy atom. The first-order valence-electron chi connectivity index (χ1n) is 12.3. The van der Waals surface area contributed by atoms with Crippen LogP contribution in [0.3, 0.4) is 0 Å². The van der Waals surface area contributed by atoms with E-state index >= 15 is 0 Å². The van der Waals surface area contributed by atoms with Gasteiger partial charge in [-0.3, -0.25) is 9.36 Å². The third kappa shape index (κ3) is 15.2. The second kappa shape index (κ2) is 18.0. The maximum absolute atomic E-state index is 12.7. The summed E-state index contributed by atoms with van der Waals surface area (Å²) in [6.45, 7) is 16.7. The fourth-order valence-corrected chi connectivity index (χ4v) is 4.85. The van der Waals surface area contributed by atoms with Crippen LogP contribution < -0.4 is 5.32 Å². The minimum Gasteiger partial charge on any atom is -0.352 e. The molecule has 1 unspecified atom stereocenters. The average molecular weight is 482 g/mol. The molecule has 0 saturated carbocycles. The molecule has 0 fully saturated rings. The molecule has 6 heteroatoms. The largest absolute Gasteiger partial charge is 0.352 e. The Balaban J connectivity index is 4.37. The van der Waals surface area contributed by atoms with Crippen LogP contribution in [0.4, 0.5) is 0 Å². The number of hydrogen-bond acceptors (Lipinski definition) is 4. The highest BCUT2D eigenvalue weighted by atomic mass is 31.2. The number of nitrogens with one attached hydrogen (secondary N) is 1. The molecule has 0 aromatic heterocycles. The Labute approximate surface area is 203 Å². The van der Waals surface area contributed by atoms with Crippen molar-refractivity contribution in [2.45, 2.75) is 99.6 Å². The summed E-state index contributed by atoms with van der Waals surface area (Å²) in [5, 5.41) is 2.82. The van der Waals surface area contributed by atoms with E-state index in [0.29, 0.717) is 6.54 Å². The van der Waals surface area contributed by atoms with Crippen LogP contribution in [0.1, 0.15) is 93.9 Å². The molecule has 0 spiro atoms. The number of carbonyl (C=O) groups excluding carboxylic acids is 1. The molecule has 0 aliphatic rings. The van der Waals surface area contributed by atoms with Gasteiger partial charge in [-0.05, 0) is 93.9 Å². The molecule has 0 aliphatic carbocycles. The van der Waals surface area contributed by atoms with Crippen molar-refractivity contribution in [3.05, 3.63) is 46.6 Å². The first-order valence-corrected chi connectivity index (χ1v) is 13.9. The van der Waals surface area contributed by atoms with Gasteiger partial charge in [0.25, 0.3) is 0 Å². The minimum absolute atomic E-state index is 0.243. The lowest BCUT2D eigenvalue weighted by Crippen LogP contribution is -2.33. The molecule has 1 atom stereocenters. The highest BCUT2D eigenvalue weighted by Crippen LogP contribution is 2.52. The predicted octanol–water partition coefficient (Wildman–Crippen LogP) is 7.90. The van der Waals surface area contributed by atoms with Crippen molar-refractivity contribution < 1.29 is 18.4 Å².